The molecule has 0 aliphatic rings. The molecule has 1 N–H and O–H groups in total. The zero-order valence-corrected chi connectivity index (χ0v) is 8.18. The zero-order chi connectivity index (χ0) is 11.9. The van der Waals surface area contributed by atoms with E-state index in [2.05, 4.69) is 13.2 Å². The van der Waals surface area contributed by atoms with E-state index in [0.717, 1.165) is 4.90 Å². The van der Waals surface area contributed by atoms with E-state index in [-0.39, 0.29) is 13.1 Å². The van der Waals surface area contributed by atoms with Gasteiger partial charge in [-0.3, -0.25) is 0 Å². The van der Waals surface area contributed by atoms with Crippen LogP contribution in [0.2, 0.25) is 0 Å². The molecular formula is C9H13F3N2O. The summed E-state index contributed by atoms with van der Waals surface area (Å²) in [6, 6.07) is -0.785. The minimum atomic E-state index is -4.40. The van der Waals surface area contributed by atoms with Crippen molar-refractivity contribution in [1.82, 2.24) is 10.2 Å². The second-order valence-electron chi connectivity index (χ2n) is 2.76. The first-order valence-corrected chi connectivity index (χ1v) is 4.22. The fourth-order valence-electron chi connectivity index (χ4n) is 0.840. The second kappa shape index (κ2) is 6.10. The van der Waals surface area contributed by atoms with Crippen LogP contribution in [0.1, 0.15) is 0 Å². The topological polar surface area (TPSA) is 32.3 Å². The lowest BCUT2D eigenvalue weighted by atomic mass is 10.4. The Morgan fingerprint density at radius 2 is 1.73 bits per heavy atom. The van der Waals surface area contributed by atoms with Crippen molar-refractivity contribution in [1.29, 1.82) is 0 Å². The Balaban J connectivity index is 4.13. The largest absolute Gasteiger partial charge is 0.405 e. The van der Waals surface area contributed by atoms with E-state index >= 15 is 0 Å². The molecular weight excluding hydrogens is 209 g/mol. The molecule has 3 nitrogen and oxygen atoms in total. The van der Waals surface area contributed by atoms with Gasteiger partial charge in [0, 0.05) is 13.1 Å². The number of alkyl halides is 3. The molecule has 2 amide bonds. The maximum Gasteiger partial charge on any atom is 0.405 e. The molecule has 0 saturated carbocycles. The van der Waals surface area contributed by atoms with Crippen LogP contribution in [0.15, 0.2) is 25.3 Å². The van der Waals surface area contributed by atoms with Crippen LogP contribution in [0, 0.1) is 0 Å². The van der Waals surface area contributed by atoms with Crippen molar-refractivity contribution in [2.45, 2.75) is 6.18 Å². The first kappa shape index (κ1) is 13.5. The molecule has 0 fully saturated rings. The standard InChI is InChI=1S/C9H13F3N2O/c1-3-5-14(6-4-2)8(15)13-7-9(10,11)12/h3-4H,1-2,5-7H2,(H,13,15). The van der Waals surface area contributed by atoms with Crippen molar-refractivity contribution in [3.05, 3.63) is 25.3 Å². The average Bonchev–Trinajstić information content (AvgIpc) is 2.13. The summed E-state index contributed by atoms with van der Waals surface area (Å²) < 4.78 is 35.3. The van der Waals surface area contributed by atoms with E-state index < -0.39 is 18.8 Å². The smallest absolute Gasteiger partial charge is 0.329 e. The van der Waals surface area contributed by atoms with E-state index in [1.165, 1.54) is 12.2 Å². The summed E-state index contributed by atoms with van der Waals surface area (Å²) in [5, 5.41) is 1.76. The van der Waals surface area contributed by atoms with E-state index in [9.17, 15) is 18.0 Å². The Morgan fingerprint density at radius 1 is 1.27 bits per heavy atom. The summed E-state index contributed by atoms with van der Waals surface area (Å²) >= 11 is 0. The third-order valence-corrected chi connectivity index (χ3v) is 1.43. The Bertz CT molecular complexity index is 228. The van der Waals surface area contributed by atoms with Crippen molar-refractivity contribution in [2.24, 2.45) is 0 Å². The number of amides is 2. The van der Waals surface area contributed by atoms with Gasteiger partial charge in [-0.1, -0.05) is 12.2 Å². The van der Waals surface area contributed by atoms with Crippen LogP contribution in [0.3, 0.4) is 0 Å². The summed E-state index contributed by atoms with van der Waals surface area (Å²) in [6.45, 7) is 5.81. The number of hydrogen-bond donors (Lipinski definition) is 1. The molecule has 0 bridgehead atoms. The lowest BCUT2D eigenvalue weighted by Gasteiger charge is -2.20. The van der Waals surface area contributed by atoms with Gasteiger partial charge in [0.1, 0.15) is 6.54 Å². The van der Waals surface area contributed by atoms with Crippen LogP contribution in [0.5, 0.6) is 0 Å². The van der Waals surface area contributed by atoms with E-state index in [4.69, 9.17) is 0 Å². The van der Waals surface area contributed by atoms with Crippen molar-refractivity contribution in [3.8, 4) is 0 Å². The molecule has 0 aliphatic carbocycles. The quantitative estimate of drug-likeness (QED) is 0.708. The Kier molecular flexibility index (Phi) is 5.51. The second-order valence-corrected chi connectivity index (χ2v) is 2.76. The highest BCUT2D eigenvalue weighted by Crippen LogP contribution is 2.12. The predicted molar refractivity (Wildman–Crippen MR) is 51.4 cm³/mol. The monoisotopic (exact) mass is 222 g/mol. The van der Waals surface area contributed by atoms with Crippen LogP contribution in [0.4, 0.5) is 18.0 Å². The number of halogens is 3. The van der Waals surface area contributed by atoms with E-state index in [1.54, 1.807) is 5.32 Å². The van der Waals surface area contributed by atoms with Crippen LogP contribution in [-0.2, 0) is 0 Å². The maximum absolute atomic E-state index is 11.8. The summed E-state index contributed by atoms with van der Waals surface area (Å²) in [7, 11) is 0. The average molecular weight is 222 g/mol. The molecule has 0 aromatic heterocycles. The molecule has 0 saturated heterocycles. The first-order chi connectivity index (χ1) is 6.90. The van der Waals surface area contributed by atoms with Crippen molar-refractivity contribution in [3.63, 3.8) is 0 Å². The van der Waals surface area contributed by atoms with Gasteiger partial charge in [-0.2, -0.15) is 13.2 Å². The summed E-state index contributed by atoms with van der Waals surface area (Å²) in [5.74, 6) is 0. The highest BCUT2D eigenvalue weighted by Gasteiger charge is 2.28. The van der Waals surface area contributed by atoms with Gasteiger partial charge < -0.3 is 10.2 Å². The summed E-state index contributed by atoms with van der Waals surface area (Å²) in [4.78, 5) is 12.3. The van der Waals surface area contributed by atoms with Crippen molar-refractivity contribution < 1.29 is 18.0 Å². The van der Waals surface area contributed by atoms with Crippen LogP contribution >= 0.6 is 0 Å². The fraction of sp³-hybridized carbons (Fsp3) is 0.444. The molecule has 0 rings (SSSR count). The highest BCUT2D eigenvalue weighted by atomic mass is 19.4. The molecule has 0 radical (unpaired) electrons. The number of carbonyl (C=O) groups is 1. The van der Waals surface area contributed by atoms with Gasteiger partial charge in [0.25, 0.3) is 0 Å². The molecule has 0 aliphatic heterocycles. The lowest BCUT2D eigenvalue weighted by Crippen LogP contribution is -2.43. The van der Waals surface area contributed by atoms with Gasteiger partial charge >= 0.3 is 12.2 Å². The number of nitrogens with zero attached hydrogens (tertiary/aromatic N) is 1. The van der Waals surface area contributed by atoms with Gasteiger partial charge in [0.15, 0.2) is 0 Å². The lowest BCUT2D eigenvalue weighted by molar-refractivity contribution is -0.123. The fourth-order valence-corrected chi connectivity index (χ4v) is 0.840. The minimum Gasteiger partial charge on any atom is -0.329 e. The molecule has 0 unspecified atom stereocenters. The molecule has 0 aromatic rings. The molecule has 0 atom stereocenters. The van der Waals surface area contributed by atoms with Crippen molar-refractivity contribution >= 4 is 6.03 Å². The minimum absolute atomic E-state index is 0.176. The SMILES string of the molecule is C=CCN(CC=C)C(=O)NCC(F)(F)F. The van der Waals surface area contributed by atoms with Gasteiger partial charge in [-0.25, -0.2) is 4.79 Å². The summed E-state index contributed by atoms with van der Waals surface area (Å²) in [5.41, 5.74) is 0. The van der Waals surface area contributed by atoms with Crippen LogP contribution in [0.25, 0.3) is 0 Å². The number of hydrogen-bond acceptors (Lipinski definition) is 1. The molecule has 86 valence electrons. The first-order valence-electron chi connectivity index (χ1n) is 4.22. The zero-order valence-electron chi connectivity index (χ0n) is 8.18. The maximum atomic E-state index is 11.8. The normalized spacial score (nSPS) is 10.6. The van der Waals surface area contributed by atoms with Crippen molar-refractivity contribution in [2.75, 3.05) is 19.6 Å². The molecule has 15 heavy (non-hydrogen) atoms. The third-order valence-electron chi connectivity index (χ3n) is 1.43. The molecule has 0 heterocycles. The van der Waals surface area contributed by atoms with Gasteiger partial charge in [-0.05, 0) is 0 Å². The van der Waals surface area contributed by atoms with E-state index in [0.29, 0.717) is 0 Å². The Labute approximate surface area is 86.2 Å². The third kappa shape index (κ3) is 6.59. The molecule has 0 aromatic carbocycles. The van der Waals surface area contributed by atoms with Gasteiger partial charge in [-0.15, -0.1) is 13.2 Å². The Morgan fingerprint density at radius 3 is 2.07 bits per heavy atom. The predicted octanol–water partition coefficient (Wildman–Crippen LogP) is 1.93. The molecule has 6 heteroatoms. The summed E-state index contributed by atoms with van der Waals surface area (Å²) in [6.07, 6.45) is -1.54. The van der Waals surface area contributed by atoms with Crippen LogP contribution in [-0.4, -0.2) is 36.7 Å². The molecule has 0 spiro atoms. The highest BCUT2D eigenvalue weighted by molar-refractivity contribution is 5.74. The number of urea groups is 1. The van der Waals surface area contributed by atoms with E-state index in [1.807, 2.05) is 0 Å². The number of nitrogens with one attached hydrogen (secondary N) is 1. The van der Waals surface area contributed by atoms with Gasteiger partial charge in [0.05, 0.1) is 0 Å². The van der Waals surface area contributed by atoms with Gasteiger partial charge in [0.2, 0.25) is 0 Å². The Hall–Kier alpha value is -1.46. The van der Waals surface area contributed by atoms with Crippen LogP contribution < -0.4 is 5.32 Å². The number of carbonyl (C=O) groups excluding carboxylic acids is 1. The number of rotatable bonds is 5.